The van der Waals surface area contributed by atoms with Gasteiger partial charge in [0.05, 0.1) is 0 Å². The maximum absolute atomic E-state index is 8.50. The Kier molecular flexibility index (Phi) is 19.9. The van der Waals surface area contributed by atoms with E-state index in [4.69, 9.17) is 6.65 Å². The molecule has 2 radical (unpaired) electrons. The number of hydrogen-bond donors (Lipinski definition) is 0. The second-order valence-corrected chi connectivity index (χ2v) is 0.344. The van der Waals surface area contributed by atoms with Crippen molar-refractivity contribution in [3.05, 3.63) is 0 Å². The maximum atomic E-state index is 8.50. The van der Waals surface area contributed by atoms with Gasteiger partial charge in [-0.2, -0.15) is 0 Å². The molecule has 0 bridgehead atoms. The van der Waals surface area contributed by atoms with E-state index in [2.05, 4.69) is 0 Å². The zero-order valence-corrected chi connectivity index (χ0v) is 9.08. The Hall–Kier alpha value is 1.24. The first-order valence-corrected chi connectivity index (χ1v) is 1.68. The first-order valence-electron chi connectivity index (χ1n) is 0.408. The van der Waals surface area contributed by atoms with Crippen molar-refractivity contribution in [2.24, 2.45) is 0 Å². The van der Waals surface area contributed by atoms with Crippen LogP contribution in [0.1, 0.15) is 0 Å². The molecule has 2 nitrogen and oxygen atoms in total. The van der Waals surface area contributed by atoms with Crippen LogP contribution in [0.25, 0.3) is 0 Å². The standard InChI is InChI=1S/2O.Pb.Ti.2H. The van der Waals surface area contributed by atoms with Crippen molar-refractivity contribution in [2.45, 2.75) is 0 Å². The van der Waals surface area contributed by atoms with Crippen molar-refractivity contribution in [3.63, 3.8) is 0 Å². The quantitative estimate of drug-likeness (QED) is 0.527. The summed E-state index contributed by atoms with van der Waals surface area (Å²) in [5.41, 5.74) is 0. The molecule has 0 aliphatic heterocycles. The van der Waals surface area contributed by atoms with E-state index in [0.717, 1.165) is 0 Å². The van der Waals surface area contributed by atoms with Crippen molar-refractivity contribution in [1.29, 1.82) is 0 Å². The molecule has 0 aromatic rings. The van der Waals surface area contributed by atoms with Crippen LogP contribution in [0.3, 0.4) is 0 Å². The molecule has 0 N–H and O–H groups in total. The summed E-state index contributed by atoms with van der Waals surface area (Å²) in [6.45, 7) is 0. The normalized spacial score (nSPS) is 2.00. The Morgan fingerprint density at radius 1 is 1.25 bits per heavy atom. The molecular weight excluding hydrogens is 287 g/mol. The molecule has 22 valence electrons. The van der Waals surface area contributed by atoms with E-state index < -0.39 is 19.1 Å². The van der Waals surface area contributed by atoms with Gasteiger partial charge in [-0.05, 0) is 0 Å². The zero-order valence-electron chi connectivity index (χ0n) is 2.02. The molecule has 0 rings (SSSR count). The summed E-state index contributed by atoms with van der Waals surface area (Å²) < 4.78 is 17.0. The monoisotopic (exact) mass is 290 g/mol. The molecule has 0 saturated heterocycles. The Morgan fingerprint density at radius 3 is 1.25 bits per heavy atom. The SMILES string of the molecule is [O]=[Ti]=[O].[PbH2]. The summed E-state index contributed by atoms with van der Waals surface area (Å²) in [4.78, 5) is 0. The average molecular weight is 289 g/mol. The van der Waals surface area contributed by atoms with Crippen LogP contribution >= 0.6 is 0 Å². The molecule has 0 amide bonds. The molecule has 4 heteroatoms. The molecular formula is H2O2PbTi. The first-order chi connectivity index (χ1) is 1.41. The van der Waals surface area contributed by atoms with Crippen molar-refractivity contribution >= 4 is 27.3 Å². The van der Waals surface area contributed by atoms with Crippen molar-refractivity contribution in [3.8, 4) is 0 Å². The Bertz CT molecular complexity index is 27.0. The average Bonchev–Trinajstić information content (AvgIpc) is 0.918. The fourth-order valence-electron chi connectivity index (χ4n) is 0. The summed E-state index contributed by atoms with van der Waals surface area (Å²) in [5.74, 6) is 0. The van der Waals surface area contributed by atoms with Crippen molar-refractivity contribution in [2.75, 3.05) is 0 Å². The molecule has 0 spiro atoms. The Labute approximate surface area is 52.7 Å². The zero-order chi connectivity index (χ0) is 2.71. The second-order valence-electron chi connectivity index (χ2n) is 0.0833. The van der Waals surface area contributed by atoms with E-state index in [1.54, 1.807) is 0 Å². The third kappa shape index (κ3) is 10.6. The number of hydrogen-bond acceptors (Lipinski definition) is 2. The molecule has 0 saturated carbocycles. The van der Waals surface area contributed by atoms with Crippen LogP contribution in [0.15, 0.2) is 0 Å². The summed E-state index contributed by atoms with van der Waals surface area (Å²) >= 11 is -2.00. The number of rotatable bonds is 0. The van der Waals surface area contributed by atoms with Gasteiger partial charge in [0, 0.05) is 0 Å². The van der Waals surface area contributed by atoms with Crippen molar-refractivity contribution in [1.82, 2.24) is 0 Å². The predicted octanol–water partition coefficient (Wildman–Crippen LogP) is -1.16. The molecule has 0 heterocycles. The summed E-state index contributed by atoms with van der Waals surface area (Å²) in [6, 6.07) is 0. The molecule has 4 heavy (non-hydrogen) atoms. The third-order valence-electron chi connectivity index (χ3n) is 0. The van der Waals surface area contributed by atoms with Gasteiger partial charge in [-0.25, -0.2) is 0 Å². The molecule has 0 atom stereocenters. The first kappa shape index (κ1) is 8.97. The van der Waals surface area contributed by atoms with Gasteiger partial charge in [0.1, 0.15) is 0 Å². The van der Waals surface area contributed by atoms with Crippen LogP contribution in [-0.2, 0) is 25.7 Å². The fourth-order valence-corrected chi connectivity index (χ4v) is 0. The Morgan fingerprint density at radius 2 is 1.25 bits per heavy atom. The Balaban J connectivity index is 0. The van der Waals surface area contributed by atoms with E-state index in [0.29, 0.717) is 0 Å². The minimum atomic E-state index is -2.00. The van der Waals surface area contributed by atoms with E-state index in [9.17, 15) is 0 Å². The molecule has 0 aromatic heterocycles. The third-order valence-corrected chi connectivity index (χ3v) is 0. The van der Waals surface area contributed by atoms with Gasteiger partial charge in [0.25, 0.3) is 0 Å². The van der Waals surface area contributed by atoms with Crippen LogP contribution in [-0.4, -0.2) is 27.3 Å². The van der Waals surface area contributed by atoms with E-state index >= 15 is 0 Å². The van der Waals surface area contributed by atoms with Gasteiger partial charge < -0.3 is 0 Å². The van der Waals surface area contributed by atoms with Crippen LogP contribution in [0.2, 0.25) is 0 Å². The summed E-state index contributed by atoms with van der Waals surface area (Å²) in [6.07, 6.45) is 0. The fraction of sp³-hybridized carbons (Fsp3) is 0. The van der Waals surface area contributed by atoms with Gasteiger partial charge in [0.2, 0.25) is 0 Å². The molecule has 0 aliphatic carbocycles. The van der Waals surface area contributed by atoms with Crippen LogP contribution in [0.5, 0.6) is 0 Å². The summed E-state index contributed by atoms with van der Waals surface area (Å²) in [5, 5.41) is 0. The van der Waals surface area contributed by atoms with Crippen LogP contribution in [0, 0.1) is 0 Å². The predicted molar refractivity (Wildman–Crippen MR) is 9.92 cm³/mol. The van der Waals surface area contributed by atoms with E-state index in [-0.39, 0.29) is 27.3 Å². The molecule has 0 fully saturated rings. The van der Waals surface area contributed by atoms with Gasteiger partial charge >= 0.3 is 53.0 Å². The topological polar surface area (TPSA) is 34.1 Å². The van der Waals surface area contributed by atoms with E-state index in [1.165, 1.54) is 0 Å². The van der Waals surface area contributed by atoms with E-state index in [1.807, 2.05) is 0 Å². The minimum absolute atomic E-state index is 0. The molecule has 0 aromatic carbocycles. The van der Waals surface area contributed by atoms with Gasteiger partial charge in [-0.1, -0.05) is 0 Å². The van der Waals surface area contributed by atoms with Crippen molar-refractivity contribution < 1.29 is 25.7 Å². The van der Waals surface area contributed by atoms with Gasteiger partial charge in [-0.15, -0.1) is 0 Å². The molecule has 0 aliphatic rings. The van der Waals surface area contributed by atoms with Crippen LogP contribution in [0.4, 0.5) is 0 Å². The summed E-state index contributed by atoms with van der Waals surface area (Å²) in [7, 11) is 0. The van der Waals surface area contributed by atoms with Crippen LogP contribution < -0.4 is 0 Å². The van der Waals surface area contributed by atoms with Gasteiger partial charge in [-0.3, -0.25) is 0 Å². The van der Waals surface area contributed by atoms with Gasteiger partial charge in [0.15, 0.2) is 0 Å². The second kappa shape index (κ2) is 8.87. The molecule has 0 unspecified atom stereocenters.